The van der Waals surface area contributed by atoms with E-state index < -0.39 is 5.91 Å². The van der Waals surface area contributed by atoms with Crippen molar-refractivity contribution in [3.05, 3.63) is 28.4 Å². The van der Waals surface area contributed by atoms with Crippen LogP contribution in [0.2, 0.25) is 0 Å². The number of amides is 1. The molecule has 0 spiro atoms. The second kappa shape index (κ2) is 5.82. The third-order valence-corrected chi connectivity index (χ3v) is 3.84. The Kier molecular flexibility index (Phi) is 3.89. The van der Waals surface area contributed by atoms with Crippen molar-refractivity contribution in [1.82, 2.24) is 15.4 Å². The molecule has 1 amide bonds. The third-order valence-electron chi connectivity index (χ3n) is 3.35. The number of ether oxygens (including phenoxy) is 1. The fraction of sp³-hybridized carbons (Fsp3) is 0.308. The number of halogens is 1. The van der Waals surface area contributed by atoms with Crippen molar-refractivity contribution in [3.8, 4) is 11.3 Å². The summed E-state index contributed by atoms with van der Waals surface area (Å²) in [7, 11) is 0. The van der Waals surface area contributed by atoms with Crippen molar-refractivity contribution < 1.29 is 9.53 Å². The van der Waals surface area contributed by atoms with E-state index in [9.17, 15) is 4.79 Å². The first kappa shape index (κ1) is 14.0. The molecular weight excluding hydrogens is 338 g/mol. The molecule has 1 aliphatic rings. The number of nitrogens with one attached hydrogen (secondary N) is 1. The highest BCUT2D eigenvalue weighted by Crippen LogP contribution is 2.33. The van der Waals surface area contributed by atoms with Gasteiger partial charge in [0.05, 0.1) is 13.2 Å². The van der Waals surface area contributed by atoms with Crippen molar-refractivity contribution in [2.45, 2.75) is 0 Å². The van der Waals surface area contributed by atoms with Crippen LogP contribution in [0.3, 0.4) is 0 Å². The molecule has 0 atom stereocenters. The summed E-state index contributed by atoms with van der Waals surface area (Å²) in [6.07, 6.45) is 0. The predicted octanol–water partition coefficient (Wildman–Crippen LogP) is 1.17. The molecule has 0 radical (unpaired) electrons. The van der Waals surface area contributed by atoms with E-state index in [1.165, 1.54) is 0 Å². The van der Waals surface area contributed by atoms with Crippen molar-refractivity contribution >= 4 is 27.5 Å². The average Bonchev–Trinajstić information content (AvgIpc) is 2.97. The molecule has 3 N–H and O–H groups in total. The van der Waals surface area contributed by atoms with Gasteiger partial charge in [0.25, 0.3) is 5.91 Å². The molecule has 1 aromatic heterocycles. The number of anilines is 1. The number of primary amides is 1. The maximum atomic E-state index is 11.5. The van der Waals surface area contributed by atoms with Crippen molar-refractivity contribution in [3.63, 3.8) is 0 Å². The largest absolute Gasteiger partial charge is 0.378 e. The van der Waals surface area contributed by atoms with E-state index >= 15 is 0 Å². The monoisotopic (exact) mass is 351 g/mol. The highest BCUT2D eigenvalue weighted by atomic mass is 79.9. The van der Waals surface area contributed by atoms with Gasteiger partial charge in [-0.3, -0.25) is 4.79 Å². The smallest absolute Gasteiger partial charge is 0.271 e. The van der Waals surface area contributed by atoms with Crippen LogP contribution in [-0.4, -0.2) is 47.6 Å². The molecule has 1 fully saturated rings. The molecule has 1 aliphatic heterocycles. The number of benzene rings is 1. The van der Waals surface area contributed by atoms with Gasteiger partial charge in [0.15, 0.2) is 5.69 Å². The molecule has 7 nitrogen and oxygen atoms in total. The summed E-state index contributed by atoms with van der Waals surface area (Å²) in [5.74, 6) is -0.602. The van der Waals surface area contributed by atoms with Gasteiger partial charge in [-0.05, 0) is 18.2 Å². The molecule has 8 heteroatoms. The Bertz CT molecular complexity index is 666. The second-order valence-corrected chi connectivity index (χ2v) is 5.56. The van der Waals surface area contributed by atoms with Crippen LogP contribution in [0.25, 0.3) is 11.3 Å². The topological polar surface area (TPSA) is 97.1 Å². The van der Waals surface area contributed by atoms with Gasteiger partial charge in [0.1, 0.15) is 5.69 Å². The lowest BCUT2D eigenvalue weighted by Crippen LogP contribution is -2.36. The maximum absolute atomic E-state index is 11.5. The van der Waals surface area contributed by atoms with Crippen LogP contribution < -0.4 is 10.6 Å². The minimum atomic E-state index is -0.602. The standard InChI is InChI=1S/C13H14BrN5O2/c14-8-1-2-9(11-12(13(15)20)17-18-16-11)10(7-8)19-3-5-21-6-4-19/h1-2,7H,3-6H2,(H2,15,20)(H,16,17,18). The number of hydrogen-bond acceptors (Lipinski definition) is 5. The lowest BCUT2D eigenvalue weighted by Gasteiger charge is -2.30. The lowest BCUT2D eigenvalue weighted by atomic mass is 10.1. The molecule has 3 rings (SSSR count). The van der Waals surface area contributed by atoms with Gasteiger partial charge >= 0.3 is 0 Å². The number of aromatic nitrogens is 3. The highest BCUT2D eigenvalue weighted by molar-refractivity contribution is 9.10. The van der Waals surface area contributed by atoms with E-state index in [2.05, 4.69) is 36.2 Å². The van der Waals surface area contributed by atoms with Gasteiger partial charge < -0.3 is 15.4 Å². The minimum Gasteiger partial charge on any atom is -0.378 e. The fourth-order valence-electron chi connectivity index (χ4n) is 2.36. The van der Waals surface area contributed by atoms with Crippen LogP contribution in [0.15, 0.2) is 22.7 Å². The molecule has 1 saturated heterocycles. The Morgan fingerprint density at radius 2 is 2.10 bits per heavy atom. The molecule has 0 bridgehead atoms. The fourth-order valence-corrected chi connectivity index (χ4v) is 2.71. The molecular formula is C13H14BrN5O2. The number of morpholine rings is 1. The first-order valence-electron chi connectivity index (χ1n) is 6.50. The predicted molar refractivity (Wildman–Crippen MR) is 81.1 cm³/mol. The van der Waals surface area contributed by atoms with Gasteiger partial charge in [-0.15, -0.1) is 0 Å². The summed E-state index contributed by atoms with van der Waals surface area (Å²) in [6.45, 7) is 2.92. The number of nitrogens with two attached hydrogens (primary N) is 1. The van der Waals surface area contributed by atoms with E-state index in [-0.39, 0.29) is 5.69 Å². The van der Waals surface area contributed by atoms with Gasteiger partial charge in [0, 0.05) is 28.8 Å². The molecule has 1 aromatic carbocycles. The molecule has 0 aliphatic carbocycles. The Morgan fingerprint density at radius 1 is 1.33 bits per heavy atom. The molecule has 21 heavy (non-hydrogen) atoms. The van der Waals surface area contributed by atoms with Gasteiger partial charge in [-0.25, -0.2) is 0 Å². The molecule has 2 aromatic rings. The molecule has 2 heterocycles. The molecule has 0 unspecified atom stereocenters. The van der Waals surface area contributed by atoms with Crippen molar-refractivity contribution in [2.24, 2.45) is 5.73 Å². The number of rotatable bonds is 3. The summed E-state index contributed by atoms with van der Waals surface area (Å²) in [6, 6.07) is 5.80. The van der Waals surface area contributed by atoms with E-state index in [1.54, 1.807) is 0 Å². The van der Waals surface area contributed by atoms with Gasteiger partial charge in [0.2, 0.25) is 0 Å². The minimum absolute atomic E-state index is 0.145. The van der Waals surface area contributed by atoms with E-state index in [4.69, 9.17) is 10.5 Å². The zero-order valence-electron chi connectivity index (χ0n) is 11.2. The highest BCUT2D eigenvalue weighted by Gasteiger charge is 2.22. The first-order valence-corrected chi connectivity index (χ1v) is 7.29. The maximum Gasteiger partial charge on any atom is 0.271 e. The molecule has 110 valence electrons. The number of H-pyrrole nitrogens is 1. The van der Waals surface area contributed by atoms with Crippen LogP contribution in [-0.2, 0) is 4.74 Å². The van der Waals surface area contributed by atoms with Crippen molar-refractivity contribution in [2.75, 3.05) is 31.2 Å². The van der Waals surface area contributed by atoms with Gasteiger partial charge in [-0.1, -0.05) is 15.9 Å². The van der Waals surface area contributed by atoms with E-state index in [1.807, 2.05) is 18.2 Å². The van der Waals surface area contributed by atoms with Crippen LogP contribution in [0.5, 0.6) is 0 Å². The molecule has 0 saturated carbocycles. The summed E-state index contributed by atoms with van der Waals surface area (Å²) < 4.78 is 6.34. The van der Waals surface area contributed by atoms with Crippen LogP contribution in [0, 0.1) is 0 Å². The number of carbonyl (C=O) groups is 1. The van der Waals surface area contributed by atoms with E-state index in [0.29, 0.717) is 18.9 Å². The van der Waals surface area contributed by atoms with Crippen LogP contribution in [0.1, 0.15) is 10.5 Å². The van der Waals surface area contributed by atoms with Crippen LogP contribution >= 0.6 is 15.9 Å². The Labute approximate surface area is 129 Å². The number of hydrogen-bond donors (Lipinski definition) is 2. The lowest BCUT2D eigenvalue weighted by molar-refractivity contribution is 0.0996. The van der Waals surface area contributed by atoms with Crippen LogP contribution in [0.4, 0.5) is 5.69 Å². The zero-order chi connectivity index (χ0) is 14.8. The second-order valence-electron chi connectivity index (χ2n) is 4.65. The number of carbonyl (C=O) groups excluding carboxylic acids is 1. The summed E-state index contributed by atoms with van der Waals surface area (Å²) >= 11 is 3.48. The Hall–Kier alpha value is -1.93. The van der Waals surface area contributed by atoms with Gasteiger partial charge in [-0.2, -0.15) is 15.4 Å². The Morgan fingerprint density at radius 3 is 2.81 bits per heavy atom. The number of aromatic amines is 1. The third kappa shape index (κ3) is 2.77. The number of nitrogens with zero attached hydrogens (tertiary/aromatic N) is 3. The summed E-state index contributed by atoms with van der Waals surface area (Å²) in [5, 5.41) is 10.4. The normalized spacial score (nSPS) is 15.2. The van der Waals surface area contributed by atoms with Crippen molar-refractivity contribution in [1.29, 1.82) is 0 Å². The average molecular weight is 352 g/mol. The quantitative estimate of drug-likeness (QED) is 0.864. The summed E-state index contributed by atoms with van der Waals surface area (Å²) in [4.78, 5) is 13.7. The first-order chi connectivity index (χ1) is 10.2. The van der Waals surface area contributed by atoms with E-state index in [0.717, 1.165) is 28.8 Å². The summed E-state index contributed by atoms with van der Waals surface area (Å²) in [5.41, 5.74) is 7.76. The Balaban J connectivity index is 2.09. The zero-order valence-corrected chi connectivity index (χ0v) is 12.8. The SMILES string of the molecule is NC(=O)c1n[nH]nc1-c1ccc(Br)cc1N1CCOCC1.